The van der Waals surface area contributed by atoms with Gasteiger partial charge in [-0.1, -0.05) is 30.3 Å². The third kappa shape index (κ3) is 4.18. The molecule has 0 saturated carbocycles. The number of hydrogen-bond acceptors (Lipinski definition) is 6. The molecule has 0 aliphatic carbocycles. The van der Waals surface area contributed by atoms with E-state index in [1.165, 1.54) is 6.92 Å². The van der Waals surface area contributed by atoms with Crippen molar-refractivity contribution < 1.29 is 33.8 Å². The monoisotopic (exact) mass is 336 g/mol. The van der Waals surface area contributed by atoms with E-state index in [0.29, 0.717) is 5.56 Å². The van der Waals surface area contributed by atoms with E-state index in [2.05, 4.69) is 9.47 Å². The maximum Gasteiger partial charge on any atom is 0.323 e. The van der Waals surface area contributed by atoms with Gasteiger partial charge in [-0.3, -0.25) is 19.2 Å². The fourth-order valence-electron chi connectivity index (χ4n) is 2.65. The fraction of sp³-hybridized carbons (Fsp3) is 0.412. The summed E-state index contributed by atoms with van der Waals surface area (Å²) >= 11 is 0. The predicted molar refractivity (Wildman–Crippen MR) is 83.2 cm³/mol. The second-order valence-corrected chi connectivity index (χ2v) is 5.41. The van der Waals surface area contributed by atoms with Gasteiger partial charge in [0.05, 0.1) is 20.6 Å². The third-order valence-corrected chi connectivity index (χ3v) is 3.85. The van der Waals surface area contributed by atoms with E-state index in [9.17, 15) is 19.2 Å². The molecule has 0 amide bonds. The van der Waals surface area contributed by atoms with Gasteiger partial charge < -0.3 is 14.6 Å². The first-order valence-electron chi connectivity index (χ1n) is 7.22. The standard InChI is InChI=1S/C17H20O7/c1-11(18)13(12-7-5-4-6-8-12)9-17(10-14(19)20,15(21)23-2)16(22)24-3/h4-8,13H,9-10H2,1-3H3,(H,19,20). The summed E-state index contributed by atoms with van der Waals surface area (Å²) in [6, 6.07) is 8.52. The zero-order chi connectivity index (χ0) is 18.3. The number of esters is 2. The minimum absolute atomic E-state index is 0.302. The Balaban J connectivity index is 3.40. The van der Waals surface area contributed by atoms with Crippen molar-refractivity contribution in [1.29, 1.82) is 0 Å². The van der Waals surface area contributed by atoms with Gasteiger partial charge in [-0.15, -0.1) is 0 Å². The Hall–Kier alpha value is -2.70. The van der Waals surface area contributed by atoms with Crippen molar-refractivity contribution in [3.63, 3.8) is 0 Å². The molecule has 1 N–H and O–H groups in total. The summed E-state index contributed by atoms with van der Waals surface area (Å²) in [6.07, 6.45) is -1.18. The summed E-state index contributed by atoms with van der Waals surface area (Å²) in [5.74, 6) is -4.61. The highest BCUT2D eigenvalue weighted by Gasteiger charge is 2.52. The van der Waals surface area contributed by atoms with Crippen molar-refractivity contribution in [2.45, 2.75) is 25.7 Å². The van der Waals surface area contributed by atoms with Crippen LogP contribution in [0.5, 0.6) is 0 Å². The van der Waals surface area contributed by atoms with Gasteiger partial charge in [0.1, 0.15) is 5.78 Å². The van der Waals surface area contributed by atoms with Gasteiger partial charge in [0.2, 0.25) is 0 Å². The highest BCUT2D eigenvalue weighted by atomic mass is 16.5. The van der Waals surface area contributed by atoms with Gasteiger partial charge in [-0.05, 0) is 18.9 Å². The molecule has 7 heteroatoms. The van der Waals surface area contributed by atoms with Crippen LogP contribution in [0.4, 0.5) is 0 Å². The Morgan fingerprint density at radius 2 is 1.54 bits per heavy atom. The van der Waals surface area contributed by atoms with Crippen molar-refractivity contribution >= 4 is 23.7 Å². The normalized spacial score (nSPS) is 12.1. The summed E-state index contributed by atoms with van der Waals surface area (Å²) in [6.45, 7) is 1.32. The molecule has 0 aliphatic rings. The van der Waals surface area contributed by atoms with Gasteiger partial charge in [-0.2, -0.15) is 0 Å². The maximum atomic E-state index is 12.3. The molecule has 0 aromatic heterocycles. The minimum Gasteiger partial charge on any atom is -0.481 e. The van der Waals surface area contributed by atoms with Gasteiger partial charge in [0.25, 0.3) is 0 Å². The molecule has 1 aromatic rings. The molecule has 7 nitrogen and oxygen atoms in total. The molecule has 0 fully saturated rings. The third-order valence-electron chi connectivity index (χ3n) is 3.85. The first-order chi connectivity index (χ1) is 11.3. The van der Waals surface area contributed by atoms with Crippen LogP contribution in [-0.4, -0.2) is 43.0 Å². The number of carbonyl (C=O) groups is 4. The average molecular weight is 336 g/mol. The van der Waals surface area contributed by atoms with Crippen molar-refractivity contribution in [2.75, 3.05) is 14.2 Å². The van der Waals surface area contributed by atoms with Crippen molar-refractivity contribution in [2.24, 2.45) is 5.41 Å². The van der Waals surface area contributed by atoms with Crippen molar-refractivity contribution in [3.05, 3.63) is 35.9 Å². The molecule has 1 rings (SSSR count). The number of carbonyl (C=O) groups excluding carboxylic acids is 3. The molecule has 1 unspecified atom stereocenters. The lowest BCUT2D eigenvalue weighted by Crippen LogP contribution is -2.45. The molecule has 0 heterocycles. The Labute approximate surface area is 139 Å². The lowest BCUT2D eigenvalue weighted by Gasteiger charge is -2.30. The van der Waals surface area contributed by atoms with Gasteiger partial charge in [-0.25, -0.2) is 0 Å². The Morgan fingerprint density at radius 3 is 1.92 bits per heavy atom. The summed E-state index contributed by atoms with van der Waals surface area (Å²) in [7, 11) is 2.10. The smallest absolute Gasteiger partial charge is 0.323 e. The van der Waals surface area contributed by atoms with Crippen LogP contribution < -0.4 is 0 Å². The lowest BCUT2D eigenvalue weighted by molar-refractivity contribution is -0.174. The zero-order valence-electron chi connectivity index (χ0n) is 13.8. The summed E-state index contributed by atoms with van der Waals surface area (Å²) in [5, 5.41) is 9.16. The molecular weight excluding hydrogens is 316 g/mol. The molecule has 130 valence electrons. The lowest BCUT2D eigenvalue weighted by atomic mass is 9.73. The molecule has 24 heavy (non-hydrogen) atoms. The number of methoxy groups -OCH3 is 2. The molecule has 0 bridgehead atoms. The van der Waals surface area contributed by atoms with E-state index in [-0.39, 0.29) is 12.2 Å². The van der Waals surface area contributed by atoms with E-state index in [4.69, 9.17) is 5.11 Å². The Kier molecular flexibility index (Phi) is 6.64. The van der Waals surface area contributed by atoms with Crippen LogP contribution in [0.25, 0.3) is 0 Å². The number of hydrogen-bond donors (Lipinski definition) is 1. The topological polar surface area (TPSA) is 107 Å². The number of carboxylic acid groups (broad SMARTS) is 1. The molecule has 1 aromatic carbocycles. The summed E-state index contributed by atoms with van der Waals surface area (Å²) in [5.41, 5.74) is -1.52. The van der Waals surface area contributed by atoms with Gasteiger partial charge in [0, 0.05) is 5.92 Å². The van der Waals surface area contributed by atoms with Crippen LogP contribution in [-0.2, 0) is 28.7 Å². The Morgan fingerprint density at radius 1 is 1.04 bits per heavy atom. The van der Waals surface area contributed by atoms with E-state index < -0.39 is 35.7 Å². The first-order valence-corrected chi connectivity index (χ1v) is 7.22. The van der Waals surface area contributed by atoms with E-state index in [0.717, 1.165) is 14.2 Å². The Bertz CT molecular complexity index is 605. The highest BCUT2D eigenvalue weighted by molar-refractivity contribution is 6.03. The number of rotatable bonds is 8. The largest absolute Gasteiger partial charge is 0.481 e. The molecule has 1 atom stereocenters. The zero-order valence-corrected chi connectivity index (χ0v) is 13.8. The van der Waals surface area contributed by atoms with Gasteiger partial charge >= 0.3 is 17.9 Å². The second-order valence-electron chi connectivity index (χ2n) is 5.41. The molecule has 0 radical (unpaired) electrons. The fourth-order valence-corrected chi connectivity index (χ4v) is 2.65. The average Bonchev–Trinajstić information content (AvgIpc) is 2.57. The van der Waals surface area contributed by atoms with Crippen LogP contribution >= 0.6 is 0 Å². The van der Waals surface area contributed by atoms with Crippen LogP contribution in [0.15, 0.2) is 30.3 Å². The number of aliphatic carboxylic acids is 1. The van der Waals surface area contributed by atoms with Crippen molar-refractivity contribution in [1.82, 2.24) is 0 Å². The number of carboxylic acids is 1. The predicted octanol–water partition coefficient (Wildman–Crippen LogP) is 1.56. The second kappa shape index (κ2) is 8.24. The summed E-state index contributed by atoms with van der Waals surface area (Å²) < 4.78 is 9.28. The number of Topliss-reactive ketones (excluding diaryl/α,β-unsaturated/α-hetero) is 1. The summed E-state index contributed by atoms with van der Waals surface area (Å²) in [4.78, 5) is 47.8. The highest BCUT2D eigenvalue weighted by Crippen LogP contribution is 2.38. The maximum absolute atomic E-state index is 12.3. The van der Waals surface area contributed by atoms with Crippen LogP contribution in [0.3, 0.4) is 0 Å². The first kappa shape index (κ1) is 19.3. The van der Waals surface area contributed by atoms with Gasteiger partial charge in [0.15, 0.2) is 5.41 Å². The van der Waals surface area contributed by atoms with E-state index >= 15 is 0 Å². The van der Waals surface area contributed by atoms with Crippen LogP contribution in [0, 0.1) is 5.41 Å². The van der Waals surface area contributed by atoms with Crippen LogP contribution in [0.1, 0.15) is 31.2 Å². The SMILES string of the molecule is COC(=O)C(CC(=O)O)(CC(C(C)=O)c1ccccc1)C(=O)OC. The quantitative estimate of drug-likeness (QED) is 0.567. The molecular formula is C17H20O7. The minimum atomic E-state index is -2.10. The van der Waals surface area contributed by atoms with Crippen LogP contribution in [0.2, 0.25) is 0 Å². The van der Waals surface area contributed by atoms with E-state index in [1.807, 2.05) is 0 Å². The number of ketones is 1. The molecule has 0 spiro atoms. The molecule has 0 saturated heterocycles. The van der Waals surface area contributed by atoms with E-state index in [1.54, 1.807) is 30.3 Å². The number of ether oxygens (including phenoxy) is 2. The number of benzene rings is 1. The van der Waals surface area contributed by atoms with Crippen molar-refractivity contribution in [3.8, 4) is 0 Å². The molecule has 0 aliphatic heterocycles.